The first-order valence-electron chi connectivity index (χ1n) is 3.87. The van der Waals surface area contributed by atoms with Crippen molar-refractivity contribution in [2.24, 2.45) is 0 Å². The lowest BCUT2D eigenvalue weighted by Gasteiger charge is -2.03. The molecule has 0 aliphatic carbocycles. The van der Waals surface area contributed by atoms with Gasteiger partial charge in [-0.25, -0.2) is 0 Å². The van der Waals surface area contributed by atoms with Crippen molar-refractivity contribution in [3.63, 3.8) is 0 Å². The maximum atomic E-state index is 5.98. The number of allylic oxidation sites excluding steroid dienone is 1. The zero-order valence-electron chi connectivity index (χ0n) is 6.99. The first kappa shape index (κ1) is 11.1. The first-order valence-corrected chi connectivity index (χ1v) is 5.41. The van der Waals surface area contributed by atoms with Gasteiger partial charge >= 0.3 is 0 Å². The number of hydrogen-bond acceptors (Lipinski definition) is 0. The highest BCUT2D eigenvalue weighted by atomic mass is 79.9. The minimum atomic E-state index is 0.673. The van der Waals surface area contributed by atoms with Crippen molar-refractivity contribution in [1.82, 2.24) is 0 Å². The number of aryl methyl sites for hydroxylation is 1. The standard InChI is InChI=1S/C10H9BrCl2/c1-7(11)2-3-8-4-5-9(12)6-10(8)13/h4-6H,1-3H2. The molecule has 1 aromatic carbocycles. The van der Waals surface area contributed by atoms with Gasteiger partial charge in [-0.2, -0.15) is 0 Å². The molecule has 1 aromatic rings. The number of rotatable bonds is 3. The highest BCUT2D eigenvalue weighted by Crippen LogP contribution is 2.23. The Bertz CT molecular complexity index is 321. The Labute approximate surface area is 96.7 Å². The van der Waals surface area contributed by atoms with Gasteiger partial charge in [-0.15, -0.1) is 0 Å². The van der Waals surface area contributed by atoms with Gasteiger partial charge in [-0.3, -0.25) is 0 Å². The van der Waals surface area contributed by atoms with E-state index in [1.807, 2.05) is 12.1 Å². The van der Waals surface area contributed by atoms with Crippen LogP contribution in [0.15, 0.2) is 29.3 Å². The fourth-order valence-corrected chi connectivity index (χ4v) is 1.70. The molecule has 3 heteroatoms. The molecule has 0 aliphatic heterocycles. The van der Waals surface area contributed by atoms with Crippen LogP contribution >= 0.6 is 39.1 Å². The summed E-state index contributed by atoms with van der Waals surface area (Å²) in [6, 6.07) is 5.55. The molecule has 0 heterocycles. The van der Waals surface area contributed by atoms with E-state index in [0.717, 1.165) is 27.9 Å². The van der Waals surface area contributed by atoms with E-state index in [4.69, 9.17) is 23.2 Å². The third-order valence-electron chi connectivity index (χ3n) is 1.68. The van der Waals surface area contributed by atoms with E-state index in [2.05, 4.69) is 22.5 Å². The van der Waals surface area contributed by atoms with E-state index in [9.17, 15) is 0 Å². The first-order chi connectivity index (χ1) is 6.09. The molecule has 0 fully saturated rings. The molecular formula is C10H9BrCl2. The summed E-state index contributed by atoms with van der Waals surface area (Å²) in [5.74, 6) is 0. The maximum absolute atomic E-state index is 5.98. The molecule has 0 spiro atoms. The molecular weight excluding hydrogens is 271 g/mol. The van der Waals surface area contributed by atoms with Gasteiger partial charge in [0.2, 0.25) is 0 Å². The predicted molar refractivity (Wildman–Crippen MR) is 62.9 cm³/mol. The smallest absolute Gasteiger partial charge is 0.0452 e. The van der Waals surface area contributed by atoms with E-state index < -0.39 is 0 Å². The van der Waals surface area contributed by atoms with Gasteiger partial charge in [0.05, 0.1) is 0 Å². The minimum absolute atomic E-state index is 0.673. The molecule has 13 heavy (non-hydrogen) atoms. The summed E-state index contributed by atoms with van der Waals surface area (Å²) < 4.78 is 0.985. The van der Waals surface area contributed by atoms with Crippen molar-refractivity contribution in [3.8, 4) is 0 Å². The van der Waals surface area contributed by atoms with Crippen LogP contribution in [0.4, 0.5) is 0 Å². The molecule has 0 nitrogen and oxygen atoms in total. The molecule has 0 radical (unpaired) electrons. The summed E-state index contributed by atoms with van der Waals surface area (Å²) in [7, 11) is 0. The quantitative estimate of drug-likeness (QED) is 0.743. The van der Waals surface area contributed by atoms with Crippen LogP contribution in [0.1, 0.15) is 12.0 Å². The molecule has 1 rings (SSSR count). The van der Waals surface area contributed by atoms with Gasteiger partial charge in [-0.05, 0) is 35.0 Å². The third-order valence-corrected chi connectivity index (χ3v) is 2.66. The number of hydrogen-bond donors (Lipinski definition) is 0. The fraction of sp³-hybridized carbons (Fsp3) is 0.200. The van der Waals surface area contributed by atoms with Gasteiger partial charge in [0.15, 0.2) is 0 Å². The van der Waals surface area contributed by atoms with Crippen LogP contribution in [0.3, 0.4) is 0 Å². The summed E-state index contributed by atoms with van der Waals surface area (Å²) in [6.45, 7) is 3.76. The lowest BCUT2D eigenvalue weighted by Crippen LogP contribution is -1.86. The molecule has 0 aliphatic rings. The van der Waals surface area contributed by atoms with Gasteiger partial charge < -0.3 is 0 Å². The molecule has 0 saturated carbocycles. The second kappa shape index (κ2) is 5.04. The van der Waals surface area contributed by atoms with Gasteiger partial charge in [0.25, 0.3) is 0 Å². The van der Waals surface area contributed by atoms with E-state index in [1.165, 1.54) is 0 Å². The Morgan fingerprint density at radius 3 is 2.62 bits per heavy atom. The maximum Gasteiger partial charge on any atom is 0.0452 e. The highest BCUT2D eigenvalue weighted by Gasteiger charge is 2.01. The summed E-state index contributed by atoms with van der Waals surface area (Å²) in [4.78, 5) is 0. The van der Waals surface area contributed by atoms with Crippen LogP contribution in [0.25, 0.3) is 0 Å². The minimum Gasteiger partial charge on any atom is -0.0888 e. The van der Waals surface area contributed by atoms with Crippen molar-refractivity contribution in [2.75, 3.05) is 0 Å². The Kier molecular flexibility index (Phi) is 4.30. The second-order valence-corrected chi connectivity index (χ2v) is 4.72. The molecule has 0 aromatic heterocycles. The second-order valence-electron chi connectivity index (χ2n) is 2.75. The zero-order valence-corrected chi connectivity index (χ0v) is 10.1. The van der Waals surface area contributed by atoms with Crippen LogP contribution in [0.2, 0.25) is 10.0 Å². The van der Waals surface area contributed by atoms with Crippen molar-refractivity contribution in [1.29, 1.82) is 0 Å². The van der Waals surface area contributed by atoms with Crippen LogP contribution < -0.4 is 0 Å². The Hall–Kier alpha value is 0.0200. The van der Waals surface area contributed by atoms with E-state index >= 15 is 0 Å². The molecule has 0 bridgehead atoms. The molecule has 0 atom stereocenters. The van der Waals surface area contributed by atoms with E-state index in [0.29, 0.717) is 5.02 Å². The summed E-state index contributed by atoms with van der Waals surface area (Å²) in [5.41, 5.74) is 1.10. The zero-order chi connectivity index (χ0) is 9.84. The van der Waals surface area contributed by atoms with Gasteiger partial charge in [0.1, 0.15) is 0 Å². The van der Waals surface area contributed by atoms with Crippen LogP contribution in [0, 0.1) is 0 Å². The van der Waals surface area contributed by atoms with Crippen molar-refractivity contribution in [2.45, 2.75) is 12.8 Å². The molecule has 0 amide bonds. The fourth-order valence-electron chi connectivity index (χ4n) is 0.995. The Morgan fingerprint density at radius 2 is 2.08 bits per heavy atom. The largest absolute Gasteiger partial charge is 0.0888 e. The summed E-state index contributed by atoms with van der Waals surface area (Å²) >= 11 is 15.1. The van der Waals surface area contributed by atoms with Crippen LogP contribution in [0.5, 0.6) is 0 Å². The lowest BCUT2D eigenvalue weighted by atomic mass is 10.1. The lowest BCUT2D eigenvalue weighted by molar-refractivity contribution is 0.996. The summed E-state index contributed by atoms with van der Waals surface area (Å²) in [5, 5.41) is 1.40. The Morgan fingerprint density at radius 1 is 1.38 bits per heavy atom. The average Bonchev–Trinajstić information content (AvgIpc) is 2.02. The molecule has 70 valence electrons. The van der Waals surface area contributed by atoms with E-state index in [1.54, 1.807) is 6.07 Å². The third kappa shape index (κ3) is 3.72. The SMILES string of the molecule is C=C(Br)CCc1ccc(Cl)cc1Cl. The molecule has 0 unspecified atom stereocenters. The predicted octanol–water partition coefficient (Wildman–Crippen LogP) is 4.83. The van der Waals surface area contributed by atoms with Crippen molar-refractivity contribution in [3.05, 3.63) is 44.9 Å². The van der Waals surface area contributed by atoms with Crippen LogP contribution in [-0.4, -0.2) is 0 Å². The van der Waals surface area contributed by atoms with Gasteiger partial charge in [0, 0.05) is 10.0 Å². The normalized spacial score (nSPS) is 10.1. The van der Waals surface area contributed by atoms with E-state index in [-0.39, 0.29) is 0 Å². The molecule has 0 N–H and O–H groups in total. The highest BCUT2D eigenvalue weighted by molar-refractivity contribution is 9.11. The van der Waals surface area contributed by atoms with Crippen molar-refractivity contribution < 1.29 is 0 Å². The number of benzene rings is 1. The molecule has 0 saturated heterocycles. The van der Waals surface area contributed by atoms with Gasteiger partial charge in [-0.1, -0.05) is 51.8 Å². The number of halogens is 3. The van der Waals surface area contributed by atoms with Crippen molar-refractivity contribution >= 4 is 39.1 Å². The average molecular weight is 280 g/mol. The Balaban J connectivity index is 2.72. The van der Waals surface area contributed by atoms with Crippen LogP contribution in [-0.2, 0) is 6.42 Å². The monoisotopic (exact) mass is 278 g/mol. The topological polar surface area (TPSA) is 0 Å². The summed E-state index contributed by atoms with van der Waals surface area (Å²) in [6.07, 6.45) is 1.78.